The van der Waals surface area contributed by atoms with E-state index in [1.165, 1.54) is 17.8 Å². The molecule has 0 radical (unpaired) electrons. The van der Waals surface area contributed by atoms with Crippen LogP contribution in [0, 0.1) is 18.3 Å². The topological polar surface area (TPSA) is 118 Å². The van der Waals surface area contributed by atoms with Gasteiger partial charge in [-0.15, -0.1) is 11.3 Å². The van der Waals surface area contributed by atoms with E-state index in [-0.39, 0.29) is 5.54 Å². The fourth-order valence-corrected chi connectivity index (χ4v) is 6.46. The number of nitrogens with one attached hydrogen (secondary N) is 3. The van der Waals surface area contributed by atoms with Gasteiger partial charge >= 0.3 is 0 Å². The van der Waals surface area contributed by atoms with E-state index in [0.717, 1.165) is 41.7 Å². The van der Waals surface area contributed by atoms with Crippen LogP contribution in [0.25, 0.3) is 10.3 Å². The van der Waals surface area contributed by atoms with Crippen molar-refractivity contribution in [3.8, 4) is 6.07 Å². The lowest BCUT2D eigenvalue weighted by Gasteiger charge is -2.59. The summed E-state index contributed by atoms with van der Waals surface area (Å²) in [6.07, 6.45) is 6.33. The number of aromatic amines is 1. The first-order valence-corrected chi connectivity index (χ1v) is 11.3. The van der Waals surface area contributed by atoms with Gasteiger partial charge in [0.15, 0.2) is 16.5 Å². The third-order valence-electron chi connectivity index (χ3n) is 6.90. The molecule has 0 spiro atoms. The van der Waals surface area contributed by atoms with Crippen molar-refractivity contribution in [1.82, 2.24) is 30.0 Å². The van der Waals surface area contributed by atoms with Crippen LogP contribution in [0.4, 0.5) is 17.6 Å². The lowest BCUT2D eigenvalue weighted by atomic mass is 9.72. The standard InChI is InChI=1S/C20H23N9S/c1-11-6-15(28-27-11)24-17-16-18(30-10-22-16)26-19(25-17)23-12-7-13-2-3-20(4-5-21)9-14(8-12)29(13)20/h6,10,12-14H,2-4,7-9H2,1H3,(H3,23,24,25,26,27,28)/t12-,13-,14-,20-/m0/s1. The van der Waals surface area contributed by atoms with Gasteiger partial charge < -0.3 is 10.6 Å². The van der Waals surface area contributed by atoms with Crippen molar-refractivity contribution in [3.05, 3.63) is 17.3 Å². The summed E-state index contributed by atoms with van der Waals surface area (Å²) in [4.78, 5) is 17.4. The Morgan fingerprint density at radius 3 is 3.10 bits per heavy atom. The number of rotatable bonds is 5. The SMILES string of the molecule is Cc1cc(Nc2nc(N[C@H]3C[C@@H]4CC[C@]5(CC#N)C[C@H](C3)N45)nc3scnc23)n[nH]1. The van der Waals surface area contributed by atoms with Crippen molar-refractivity contribution in [2.45, 2.75) is 69.1 Å². The second kappa shape index (κ2) is 6.62. The van der Waals surface area contributed by atoms with E-state index in [2.05, 4.69) is 36.8 Å². The van der Waals surface area contributed by atoms with E-state index in [1.807, 2.05) is 13.0 Å². The number of nitriles is 1. The summed E-state index contributed by atoms with van der Waals surface area (Å²) in [5.41, 5.74) is 3.71. The third kappa shape index (κ3) is 2.76. The lowest BCUT2D eigenvalue weighted by molar-refractivity contribution is -0.0880. The fraction of sp³-hybridized carbons (Fsp3) is 0.550. The van der Waals surface area contributed by atoms with Gasteiger partial charge in [0, 0.05) is 35.4 Å². The maximum Gasteiger partial charge on any atom is 0.226 e. The van der Waals surface area contributed by atoms with Crippen LogP contribution >= 0.6 is 11.3 Å². The van der Waals surface area contributed by atoms with E-state index < -0.39 is 0 Å². The zero-order valence-corrected chi connectivity index (χ0v) is 17.5. The highest BCUT2D eigenvalue weighted by atomic mass is 32.1. The molecule has 3 aliphatic heterocycles. The monoisotopic (exact) mass is 421 g/mol. The third-order valence-corrected chi connectivity index (χ3v) is 7.62. The molecule has 0 saturated carbocycles. The Kier molecular flexibility index (Phi) is 3.98. The number of piperidine rings is 1. The first kappa shape index (κ1) is 18.0. The molecule has 3 fully saturated rings. The molecule has 154 valence electrons. The van der Waals surface area contributed by atoms with Crippen LogP contribution in [0.1, 0.15) is 44.2 Å². The fourth-order valence-electron chi connectivity index (χ4n) is 5.81. The predicted octanol–water partition coefficient (Wildman–Crippen LogP) is 3.32. The highest BCUT2D eigenvalue weighted by Crippen LogP contribution is 2.55. The van der Waals surface area contributed by atoms with E-state index in [4.69, 9.17) is 9.97 Å². The molecule has 3 aromatic heterocycles. The Hall–Kier alpha value is -2.77. The number of nitrogens with zero attached hydrogens (tertiary/aromatic N) is 6. The summed E-state index contributed by atoms with van der Waals surface area (Å²) in [6, 6.07) is 5.85. The number of aromatic nitrogens is 5. The number of anilines is 3. The van der Waals surface area contributed by atoms with Crippen molar-refractivity contribution in [3.63, 3.8) is 0 Å². The first-order chi connectivity index (χ1) is 14.6. The largest absolute Gasteiger partial charge is 0.351 e. The lowest BCUT2D eigenvalue weighted by Crippen LogP contribution is -2.68. The van der Waals surface area contributed by atoms with E-state index in [0.29, 0.717) is 42.1 Å². The molecule has 6 heterocycles. The van der Waals surface area contributed by atoms with Crippen LogP contribution in [0.2, 0.25) is 0 Å². The normalized spacial score (nSPS) is 29.9. The number of H-pyrrole nitrogens is 1. The number of hydrogen-bond acceptors (Lipinski definition) is 9. The Labute approximate surface area is 177 Å². The van der Waals surface area contributed by atoms with Crippen LogP contribution in [-0.4, -0.2) is 53.7 Å². The van der Waals surface area contributed by atoms with Crippen LogP contribution in [-0.2, 0) is 0 Å². The summed E-state index contributed by atoms with van der Waals surface area (Å²) in [5.74, 6) is 2.03. The molecule has 3 N–H and O–H groups in total. The van der Waals surface area contributed by atoms with E-state index >= 15 is 0 Å². The zero-order valence-electron chi connectivity index (χ0n) is 16.7. The summed E-state index contributed by atoms with van der Waals surface area (Å²) < 4.78 is 0. The molecule has 0 aromatic carbocycles. The highest BCUT2D eigenvalue weighted by Gasteiger charge is 2.60. The molecule has 0 bridgehead atoms. The van der Waals surface area contributed by atoms with Crippen LogP contribution < -0.4 is 10.6 Å². The van der Waals surface area contributed by atoms with Crippen molar-refractivity contribution in [2.75, 3.05) is 10.6 Å². The smallest absolute Gasteiger partial charge is 0.226 e. The Morgan fingerprint density at radius 2 is 2.27 bits per heavy atom. The quantitative estimate of drug-likeness (QED) is 0.574. The molecule has 3 aliphatic rings. The summed E-state index contributed by atoms with van der Waals surface area (Å²) in [5, 5.41) is 23.3. The summed E-state index contributed by atoms with van der Waals surface area (Å²) >= 11 is 1.51. The minimum atomic E-state index is 0.173. The number of fused-ring (bicyclic) bond motifs is 1. The van der Waals surface area contributed by atoms with Crippen molar-refractivity contribution in [1.29, 1.82) is 5.26 Å². The predicted molar refractivity (Wildman–Crippen MR) is 115 cm³/mol. The second-order valence-corrected chi connectivity index (χ2v) is 9.63. The van der Waals surface area contributed by atoms with Crippen molar-refractivity contribution >= 4 is 39.3 Å². The molecule has 0 unspecified atom stereocenters. The highest BCUT2D eigenvalue weighted by molar-refractivity contribution is 7.16. The second-order valence-electron chi connectivity index (χ2n) is 8.79. The maximum absolute atomic E-state index is 9.23. The van der Waals surface area contributed by atoms with Gasteiger partial charge in [0.05, 0.1) is 18.0 Å². The molecule has 10 heteroatoms. The Morgan fingerprint density at radius 1 is 1.37 bits per heavy atom. The van der Waals surface area contributed by atoms with Gasteiger partial charge in [0.2, 0.25) is 5.95 Å². The molecular weight excluding hydrogens is 398 g/mol. The van der Waals surface area contributed by atoms with Gasteiger partial charge in [-0.2, -0.15) is 15.3 Å². The number of aryl methyl sites for hydroxylation is 1. The van der Waals surface area contributed by atoms with Crippen LogP contribution in [0.5, 0.6) is 0 Å². The molecule has 4 atom stereocenters. The number of thiazole rings is 1. The average molecular weight is 422 g/mol. The molecule has 3 aromatic rings. The van der Waals surface area contributed by atoms with Crippen molar-refractivity contribution in [2.24, 2.45) is 0 Å². The van der Waals surface area contributed by atoms with E-state index in [9.17, 15) is 5.26 Å². The zero-order chi connectivity index (χ0) is 20.3. The molecule has 30 heavy (non-hydrogen) atoms. The summed E-state index contributed by atoms with van der Waals surface area (Å²) in [7, 11) is 0. The summed E-state index contributed by atoms with van der Waals surface area (Å²) in [6.45, 7) is 1.96. The molecule has 0 aliphatic carbocycles. The molecule has 0 amide bonds. The molecular formula is C20H23N9S. The Bertz CT molecular complexity index is 1150. The minimum Gasteiger partial charge on any atom is -0.351 e. The number of hydrogen-bond donors (Lipinski definition) is 3. The van der Waals surface area contributed by atoms with Gasteiger partial charge in [-0.25, -0.2) is 9.97 Å². The molecule has 6 rings (SSSR count). The molecule has 3 saturated heterocycles. The minimum absolute atomic E-state index is 0.173. The average Bonchev–Trinajstić information content (AvgIpc) is 3.40. The van der Waals surface area contributed by atoms with E-state index in [1.54, 1.807) is 5.51 Å². The first-order valence-electron chi connectivity index (χ1n) is 10.5. The van der Waals surface area contributed by atoms with Gasteiger partial charge in [-0.3, -0.25) is 10.00 Å². The maximum atomic E-state index is 9.23. The Balaban J connectivity index is 1.23. The van der Waals surface area contributed by atoms with Gasteiger partial charge in [0.25, 0.3) is 0 Å². The van der Waals surface area contributed by atoms with Gasteiger partial charge in [0.1, 0.15) is 5.52 Å². The van der Waals surface area contributed by atoms with Crippen LogP contribution in [0.3, 0.4) is 0 Å². The molecule has 9 nitrogen and oxygen atoms in total. The van der Waals surface area contributed by atoms with Gasteiger partial charge in [-0.05, 0) is 39.0 Å². The van der Waals surface area contributed by atoms with Gasteiger partial charge in [-0.1, -0.05) is 0 Å². The van der Waals surface area contributed by atoms with Crippen molar-refractivity contribution < 1.29 is 0 Å². The van der Waals surface area contributed by atoms with Crippen LogP contribution in [0.15, 0.2) is 11.6 Å².